The highest BCUT2D eigenvalue weighted by Gasteiger charge is 2.30. The van der Waals surface area contributed by atoms with Crippen LogP contribution in [0.4, 0.5) is 24.5 Å². The summed E-state index contributed by atoms with van der Waals surface area (Å²) >= 11 is 0. The van der Waals surface area contributed by atoms with Crippen LogP contribution >= 0.6 is 0 Å². The van der Waals surface area contributed by atoms with Gasteiger partial charge in [-0.3, -0.25) is 14.9 Å². The molecule has 11 heteroatoms. The number of nitro groups is 1. The van der Waals surface area contributed by atoms with Crippen molar-refractivity contribution in [3.05, 3.63) is 64.2 Å². The van der Waals surface area contributed by atoms with E-state index in [1.165, 1.54) is 30.3 Å². The van der Waals surface area contributed by atoms with Crippen molar-refractivity contribution in [1.82, 2.24) is 5.32 Å². The van der Waals surface area contributed by atoms with E-state index < -0.39 is 28.7 Å². The molecule has 0 aliphatic rings. The number of nitrogens with zero attached hydrogens (tertiary/aromatic N) is 1. The van der Waals surface area contributed by atoms with Crippen LogP contribution in [-0.4, -0.2) is 41.7 Å². The molecule has 30 heavy (non-hydrogen) atoms. The van der Waals surface area contributed by atoms with E-state index >= 15 is 0 Å². The number of amides is 1. The van der Waals surface area contributed by atoms with Gasteiger partial charge in [-0.25, -0.2) is 0 Å². The number of aliphatic hydroxyl groups excluding tert-OH is 1. The van der Waals surface area contributed by atoms with Gasteiger partial charge in [-0.05, 0) is 24.3 Å². The van der Waals surface area contributed by atoms with Crippen molar-refractivity contribution in [2.45, 2.75) is 18.7 Å². The Labute approximate surface area is 169 Å². The minimum Gasteiger partial charge on any atom is -0.491 e. The molecule has 0 saturated heterocycles. The molecule has 2 aromatic rings. The van der Waals surface area contributed by atoms with Gasteiger partial charge < -0.3 is 20.5 Å². The summed E-state index contributed by atoms with van der Waals surface area (Å²) in [6.45, 7) is -0.340. The lowest BCUT2D eigenvalue weighted by atomic mass is 10.2. The maximum Gasteiger partial charge on any atom is 0.416 e. The zero-order valence-electron chi connectivity index (χ0n) is 15.7. The number of carbonyl (C=O) groups excluding carboxylic acids is 1. The fourth-order valence-corrected chi connectivity index (χ4v) is 2.43. The predicted molar refractivity (Wildman–Crippen MR) is 102 cm³/mol. The number of nitro benzene ring substituents is 1. The third-order valence-corrected chi connectivity index (χ3v) is 3.91. The molecule has 0 aliphatic heterocycles. The third-order valence-electron chi connectivity index (χ3n) is 3.91. The second-order valence-corrected chi connectivity index (χ2v) is 6.25. The minimum atomic E-state index is -4.50. The second kappa shape index (κ2) is 10.4. The summed E-state index contributed by atoms with van der Waals surface area (Å²) in [4.78, 5) is 22.2. The lowest BCUT2D eigenvalue weighted by Gasteiger charge is -2.14. The monoisotopic (exact) mass is 427 g/mol. The molecule has 2 rings (SSSR count). The molecule has 2 aromatic carbocycles. The van der Waals surface area contributed by atoms with Gasteiger partial charge in [-0.15, -0.1) is 0 Å². The number of hydrogen-bond acceptors (Lipinski definition) is 6. The van der Waals surface area contributed by atoms with E-state index in [1.54, 1.807) is 6.07 Å². The van der Waals surface area contributed by atoms with E-state index in [9.17, 15) is 33.2 Å². The third kappa shape index (κ3) is 7.24. The number of aliphatic hydroxyl groups is 1. The van der Waals surface area contributed by atoms with Crippen molar-refractivity contribution in [2.75, 3.05) is 25.0 Å². The molecule has 1 atom stereocenters. The lowest BCUT2D eigenvalue weighted by Crippen LogP contribution is -2.35. The first kappa shape index (κ1) is 22.9. The van der Waals surface area contributed by atoms with Crippen LogP contribution in [0.2, 0.25) is 0 Å². The van der Waals surface area contributed by atoms with Crippen molar-refractivity contribution in [3.63, 3.8) is 0 Å². The number of hydrogen-bond donors (Lipinski definition) is 3. The van der Waals surface area contributed by atoms with Gasteiger partial charge in [-0.1, -0.05) is 18.2 Å². The van der Waals surface area contributed by atoms with Crippen LogP contribution in [0, 0.1) is 10.1 Å². The highest BCUT2D eigenvalue weighted by atomic mass is 19.4. The molecule has 0 fully saturated rings. The molecular formula is C19H20F3N3O5. The fourth-order valence-electron chi connectivity index (χ4n) is 2.43. The van der Waals surface area contributed by atoms with E-state index in [2.05, 4.69) is 10.6 Å². The molecule has 0 aliphatic carbocycles. The Balaban J connectivity index is 1.70. The fraction of sp³-hybridized carbons (Fsp3) is 0.316. The van der Waals surface area contributed by atoms with E-state index in [-0.39, 0.29) is 43.2 Å². The van der Waals surface area contributed by atoms with E-state index in [0.29, 0.717) is 0 Å². The number of alkyl halides is 3. The molecule has 0 aromatic heterocycles. The summed E-state index contributed by atoms with van der Waals surface area (Å²) in [6, 6.07) is 10.2. The van der Waals surface area contributed by atoms with Gasteiger partial charge in [0.05, 0.1) is 10.5 Å². The smallest absolute Gasteiger partial charge is 0.416 e. The Morgan fingerprint density at radius 3 is 2.63 bits per heavy atom. The van der Waals surface area contributed by atoms with Crippen molar-refractivity contribution >= 4 is 17.3 Å². The Morgan fingerprint density at radius 2 is 1.93 bits per heavy atom. The van der Waals surface area contributed by atoms with Crippen LogP contribution in [0.15, 0.2) is 48.5 Å². The second-order valence-electron chi connectivity index (χ2n) is 6.25. The lowest BCUT2D eigenvalue weighted by molar-refractivity contribution is -0.384. The highest BCUT2D eigenvalue weighted by molar-refractivity contribution is 5.76. The average molecular weight is 427 g/mol. The normalized spacial score (nSPS) is 12.1. The largest absolute Gasteiger partial charge is 0.491 e. The number of anilines is 1. The van der Waals surface area contributed by atoms with Crippen LogP contribution in [0.3, 0.4) is 0 Å². The summed E-state index contributed by atoms with van der Waals surface area (Å²) < 4.78 is 43.1. The molecule has 0 heterocycles. The van der Waals surface area contributed by atoms with Gasteiger partial charge in [0.1, 0.15) is 24.1 Å². The SMILES string of the molecule is O=C(CCNc1ccccc1[N+](=O)[O-])NCC(O)COc1cccc(C(F)(F)F)c1. The topological polar surface area (TPSA) is 114 Å². The summed E-state index contributed by atoms with van der Waals surface area (Å²) in [5.41, 5.74) is -0.696. The average Bonchev–Trinajstić information content (AvgIpc) is 2.70. The molecule has 3 N–H and O–H groups in total. The quantitative estimate of drug-likeness (QED) is 0.397. The standard InChI is InChI=1S/C19H20F3N3O5/c20-19(21,22)13-4-3-5-15(10-13)30-12-14(26)11-24-18(27)8-9-23-16-6-1-2-7-17(16)25(28)29/h1-7,10,14,23,26H,8-9,11-12H2,(H,24,27). The highest BCUT2D eigenvalue weighted by Crippen LogP contribution is 2.31. The zero-order chi connectivity index (χ0) is 22.1. The first-order valence-electron chi connectivity index (χ1n) is 8.89. The number of nitrogens with one attached hydrogen (secondary N) is 2. The van der Waals surface area contributed by atoms with E-state index in [1.807, 2.05) is 0 Å². The predicted octanol–water partition coefficient (Wildman–Crippen LogP) is 2.97. The van der Waals surface area contributed by atoms with Gasteiger partial charge in [0.15, 0.2) is 0 Å². The van der Waals surface area contributed by atoms with Crippen molar-refractivity contribution in [3.8, 4) is 5.75 Å². The Morgan fingerprint density at radius 1 is 1.20 bits per heavy atom. The van der Waals surface area contributed by atoms with Crippen molar-refractivity contribution in [2.24, 2.45) is 0 Å². The van der Waals surface area contributed by atoms with Gasteiger partial charge in [0.2, 0.25) is 5.91 Å². The van der Waals surface area contributed by atoms with Crippen molar-refractivity contribution in [1.29, 1.82) is 0 Å². The maximum absolute atomic E-state index is 12.7. The van der Waals surface area contributed by atoms with Crippen LogP contribution < -0.4 is 15.4 Å². The maximum atomic E-state index is 12.7. The molecule has 0 bridgehead atoms. The Hall–Kier alpha value is -3.34. The van der Waals surface area contributed by atoms with Crippen LogP contribution in [0.1, 0.15) is 12.0 Å². The molecule has 1 unspecified atom stereocenters. The number of ether oxygens (including phenoxy) is 1. The summed E-state index contributed by atoms with van der Waals surface area (Å²) in [7, 11) is 0. The van der Waals surface area contributed by atoms with Crippen LogP contribution in [-0.2, 0) is 11.0 Å². The molecule has 162 valence electrons. The Bertz CT molecular complexity index is 876. The van der Waals surface area contributed by atoms with Crippen LogP contribution in [0.25, 0.3) is 0 Å². The molecule has 1 amide bonds. The van der Waals surface area contributed by atoms with Gasteiger partial charge in [0.25, 0.3) is 5.69 Å². The van der Waals surface area contributed by atoms with E-state index in [4.69, 9.17) is 4.74 Å². The summed E-state index contributed by atoms with van der Waals surface area (Å²) in [5, 5.41) is 26.0. The van der Waals surface area contributed by atoms with E-state index in [0.717, 1.165) is 12.1 Å². The minimum absolute atomic E-state index is 0.00669. The first-order chi connectivity index (χ1) is 14.2. The Kier molecular flexibility index (Phi) is 7.98. The molecule has 0 spiro atoms. The van der Waals surface area contributed by atoms with Gasteiger partial charge in [0, 0.05) is 25.6 Å². The summed E-state index contributed by atoms with van der Waals surface area (Å²) in [5.74, 6) is -0.469. The number of rotatable bonds is 10. The van der Waals surface area contributed by atoms with Gasteiger partial charge >= 0.3 is 6.18 Å². The first-order valence-corrected chi connectivity index (χ1v) is 8.89. The number of benzene rings is 2. The number of carbonyl (C=O) groups is 1. The summed E-state index contributed by atoms with van der Waals surface area (Å²) in [6.07, 6.45) is -5.64. The molecule has 8 nitrogen and oxygen atoms in total. The van der Waals surface area contributed by atoms with Crippen molar-refractivity contribution < 1.29 is 32.7 Å². The van der Waals surface area contributed by atoms with Gasteiger partial charge in [-0.2, -0.15) is 13.2 Å². The number of para-hydroxylation sites is 2. The molecular weight excluding hydrogens is 407 g/mol. The molecule has 0 saturated carbocycles. The number of halogens is 3. The molecule has 0 radical (unpaired) electrons. The zero-order valence-corrected chi connectivity index (χ0v) is 15.7. The van der Waals surface area contributed by atoms with Crippen LogP contribution in [0.5, 0.6) is 5.75 Å².